The molecule has 0 aromatic heterocycles. The predicted octanol–water partition coefficient (Wildman–Crippen LogP) is 1.58. The first-order valence-corrected chi connectivity index (χ1v) is 8.99. The number of carbonyl (C=O) groups is 3. The monoisotopic (exact) mass is 416 g/mol. The van der Waals surface area contributed by atoms with E-state index in [-0.39, 0.29) is 16.2 Å². The van der Waals surface area contributed by atoms with E-state index in [4.69, 9.17) is 12.2 Å². The van der Waals surface area contributed by atoms with Gasteiger partial charge in [0.2, 0.25) is 11.8 Å². The van der Waals surface area contributed by atoms with Crippen LogP contribution in [0.25, 0.3) is 0 Å². The second-order valence-electron chi connectivity index (χ2n) is 6.63. The molecule has 2 heterocycles. The van der Waals surface area contributed by atoms with E-state index in [2.05, 4.69) is 10.6 Å². The Hall–Kier alpha value is -3.40. The summed E-state index contributed by atoms with van der Waals surface area (Å²) in [6, 6.07) is 7.42. The van der Waals surface area contributed by atoms with Gasteiger partial charge in [0.05, 0.1) is 12.1 Å². The normalized spacial score (nSPS) is 23.1. The molecule has 2 aliphatic rings. The molecule has 0 bridgehead atoms. The summed E-state index contributed by atoms with van der Waals surface area (Å²) in [6.45, 7) is 0. The highest BCUT2D eigenvalue weighted by Crippen LogP contribution is 2.49. The number of amides is 4. The number of barbiturate groups is 1. The second kappa shape index (κ2) is 6.89. The first kappa shape index (κ1) is 18.9. The molecule has 4 rings (SSSR count). The van der Waals surface area contributed by atoms with Crippen molar-refractivity contribution in [3.63, 3.8) is 0 Å². The van der Waals surface area contributed by atoms with Crippen molar-refractivity contribution < 1.29 is 23.2 Å². The van der Waals surface area contributed by atoms with Gasteiger partial charge < -0.3 is 10.6 Å². The number of imide groups is 2. The topological polar surface area (TPSA) is 99.3 Å². The van der Waals surface area contributed by atoms with Crippen LogP contribution in [0, 0.1) is 17.0 Å². The smallest absolute Gasteiger partial charge is 0.328 e. The van der Waals surface area contributed by atoms with Crippen molar-refractivity contribution in [2.24, 2.45) is 5.41 Å². The molecule has 0 aliphatic carbocycles. The summed E-state index contributed by atoms with van der Waals surface area (Å²) in [7, 11) is 0. The summed E-state index contributed by atoms with van der Waals surface area (Å²) in [5.74, 6) is -3.40. The van der Waals surface area contributed by atoms with Crippen molar-refractivity contribution in [1.82, 2.24) is 21.3 Å². The molecule has 4 N–H and O–H groups in total. The van der Waals surface area contributed by atoms with Crippen molar-refractivity contribution in [1.29, 1.82) is 0 Å². The molecule has 2 atom stereocenters. The van der Waals surface area contributed by atoms with Crippen LogP contribution in [0.1, 0.15) is 23.2 Å². The van der Waals surface area contributed by atoms with E-state index < -0.39 is 47.0 Å². The number of urea groups is 1. The lowest BCUT2D eigenvalue weighted by atomic mass is 9.65. The molecule has 4 amide bonds. The van der Waals surface area contributed by atoms with E-state index in [9.17, 15) is 23.2 Å². The zero-order valence-electron chi connectivity index (χ0n) is 14.7. The lowest BCUT2D eigenvalue weighted by Crippen LogP contribution is -2.73. The number of thiocarbonyl (C=S) groups is 1. The zero-order valence-corrected chi connectivity index (χ0v) is 15.5. The molecular formula is C19H14F2N4O3S. The molecule has 0 saturated carbocycles. The third-order valence-corrected chi connectivity index (χ3v) is 5.34. The number of rotatable bonds is 2. The lowest BCUT2D eigenvalue weighted by Gasteiger charge is -2.49. The molecule has 1 spiro atoms. The van der Waals surface area contributed by atoms with Crippen LogP contribution >= 0.6 is 12.2 Å². The Morgan fingerprint density at radius 3 is 1.59 bits per heavy atom. The van der Waals surface area contributed by atoms with Crippen LogP contribution in [-0.4, -0.2) is 23.0 Å². The fraction of sp³-hybridized carbons (Fsp3) is 0.158. The minimum absolute atomic E-state index is 0.00497. The van der Waals surface area contributed by atoms with E-state index in [0.29, 0.717) is 0 Å². The average Bonchev–Trinajstić information content (AvgIpc) is 2.67. The van der Waals surface area contributed by atoms with Gasteiger partial charge >= 0.3 is 6.03 Å². The van der Waals surface area contributed by atoms with Gasteiger partial charge in [0, 0.05) is 11.1 Å². The van der Waals surface area contributed by atoms with Crippen molar-refractivity contribution >= 4 is 35.2 Å². The average molecular weight is 416 g/mol. The Balaban J connectivity index is 2.00. The summed E-state index contributed by atoms with van der Waals surface area (Å²) in [5.41, 5.74) is -2.21. The molecule has 2 aromatic rings. The Labute approximate surface area is 168 Å². The van der Waals surface area contributed by atoms with Crippen LogP contribution in [0.15, 0.2) is 48.5 Å². The summed E-state index contributed by atoms with van der Waals surface area (Å²) < 4.78 is 29.3. The maximum absolute atomic E-state index is 14.7. The van der Waals surface area contributed by atoms with Gasteiger partial charge in [0.25, 0.3) is 0 Å². The Morgan fingerprint density at radius 2 is 1.17 bits per heavy atom. The highest BCUT2D eigenvalue weighted by Gasteiger charge is 2.64. The lowest BCUT2D eigenvalue weighted by molar-refractivity contribution is -0.150. The highest BCUT2D eigenvalue weighted by molar-refractivity contribution is 7.80. The molecule has 2 aromatic carbocycles. The summed E-state index contributed by atoms with van der Waals surface area (Å²) in [4.78, 5) is 38.0. The van der Waals surface area contributed by atoms with Gasteiger partial charge in [0.15, 0.2) is 10.5 Å². The summed E-state index contributed by atoms with van der Waals surface area (Å²) in [5, 5.41) is 9.59. The standard InChI is InChI=1S/C19H14F2N4O3S/c20-11-7-3-1-5-9(11)13-19(15(26)24-17(28)25-16(19)27)14(23-18(29)22-13)10-6-2-4-8-12(10)21/h1-8,13-14H,(H2,22,23,29)(H2,24,25,26,27,28). The highest BCUT2D eigenvalue weighted by atomic mass is 32.1. The van der Waals surface area contributed by atoms with Crippen LogP contribution < -0.4 is 21.3 Å². The van der Waals surface area contributed by atoms with Crippen molar-refractivity contribution in [2.75, 3.05) is 0 Å². The van der Waals surface area contributed by atoms with Crippen LogP contribution in [0.2, 0.25) is 0 Å². The van der Waals surface area contributed by atoms with Gasteiger partial charge in [-0.2, -0.15) is 0 Å². The molecule has 148 valence electrons. The summed E-state index contributed by atoms with van der Waals surface area (Å²) >= 11 is 5.20. The minimum atomic E-state index is -2.15. The fourth-order valence-corrected chi connectivity index (χ4v) is 4.07. The number of hydrogen-bond acceptors (Lipinski definition) is 4. The van der Waals surface area contributed by atoms with Gasteiger partial charge in [-0.1, -0.05) is 36.4 Å². The number of halogens is 2. The second-order valence-corrected chi connectivity index (χ2v) is 7.04. The van der Waals surface area contributed by atoms with Gasteiger partial charge in [-0.3, -0.25) is 20.2 Å². The Kier molecular flexibility index (Phi) is 4.50. The molecule has 2 saturated heterocycles. The molecule has 10 heteroatoms. The van der Waals surface area contributed by atoms with Crippen molar-refractivity contribution in [3.8, 4) is 0 Å². The van der Waals surface area contributed by atoms with Crippen LogP contribution in [0.4, 0.5) is 13.6 Å². The number of hydrogen-bond donors (Lipinski definition) is 4. The molecule has 2 aliphatic heterocycles. The third-order valence-electron chi connectivity index (χ3n) is 5.10. The predicted molar refractivity (Wildman–Crippen MR) is 101 cm³/mol. The van der Waals surface area contributed by atoms with E-state index in [1.165, 1.54) is 36.4 Å². The van der Waals surface area contributed by atoms with E-state index in [1.54, 1.807) is 0 Å². The summed E-state index contributed by atoms with van der Waals surface area (Å²) in [6.07, 6.45) is 0. The van der Waals surface area contributed by atoms with Gasteiger partial charge in [-0.05, 0) is 24.4 Å². The van der Waals surface area contributed by atoms with E-state index in [0.717, 1.165) is 12.1 Å². The van der Waals surface area contributed by atoms with E-state index >= 15 is 0 Å². The quantitative estimate of drug-likeness (QED) is 0.438. The molecular weight excluding hydrogens is 402 g/mol. The maximum atomic E-state index is 14.7. The minimum Gasteiger partial charge on any atom is -0.354 e. The van der Waals surface area contributed by atoms with Crippen molar-refractivity contribution in [2.45, 2.75) is 12.1 Å². The molecule has 7 nitrogen and oxygen atoms in total. The Morgan fingerprint density at radius 1 is 0.759 bits per heavy atom. The van der Waals surface area contributed by atoms with Gasteiger partial charge in [-0.15, -0.1) is 0 Å². The molecule has 0 radical (unpaired) electrons. The van der Waals surface area contributed by atoms with Crippen LogP contribution in [0.5, 0.6) is 0 Å². The fourth-order valence-electron chi connectivity index (χ4n) is 3.83. The van der Waals surface area contributed by atoms with E-state index in [1.807, 2.05) is 10.6 Å². The maximum Gasteiger partial charge on any atom is 0.328 e. The number of nitrogens with one attached hydrogen (secondary N) is 4. The Bertz CT molecular complexity index is 982. The molecule has 2 unspecified atom stereocenters. The SMILES string of the molecule is O=C1NC(=O)C2(C(=O)N1)C(c1ccccc1F)NC(=S)NC2c1ccccc1F. The molecule has 29 heavy (non-hydrogen) atoms. The largest absolute Gasteiger partial charge is 0.354 e. The zero-order chi connectivity index (χ0) is 20.8. The first-order valence-electron chi connectivity index (χ1n) is 8.58. The van der Waals surface area contributed by atoms with Crippen LogP contribution in [0.3, 0.4) is 0 Å². The van der Waals surface area contributed by atoms with Gasteiger partial charge in [0.1, 0.15) is 11.6 Å². The van der Waals surface area contributed by atoms with Crippen molar-refractivity contribution in [3.05, 3.63) is 71.3 Å². The molecule has 2 fully saturated rings. The third kappa shape index (κ3) is 2.83. The van der Waals surface area contributed by atoms with Crippen LogP contribution in [-0.2, 0) is 9.59 Å². The number of benzene rings is 2. The number of carbonyl (C=O) groups excluding carboxylic acids is 3. The first-order chi connectivity index (χ1) is 13.9. The van der Waals surface area contributed by atoms with Gasteiger partial charge in [-0.25, -0.2) is 13.6 Å².